The van der Waals surface area contributed by atoms with E-state index in [4.69, 9.17) is 0 Å². The summed E-state index contributed by atoms with van der Waals surface area (Å²) in [6, 6.07) is 0. The second kappa shape index (κ2) is 4.00. The largest absolute Gasteiger partial charge is 0.344 e. The van der Waals surface area contributed by atoms with Crippen LogP contribution in [0.25, 0.3) is 0 Å². The molecule has 64 valence electrons. The number of hydrogen-bond acceptors (Lipinski definition) is 2. The lowest BCUT2D eigenvalue weighted by molar-refractivity contribution is -0.119. The molecule has 1 amide bonds. The lowest BCUT2D eigenvalue weighted by Gasteiger charge is -2.17. The van der Waals surface area contributed by atoms with Gasteiger partial charge in [0.15, 0.2) is 0 Å². The van der Waals surface area contributed by atoms with Crippen molar-refractivity contribution >= 4 is 17.7 Å². The lowest BCUT2D eigenvalue weighted by Crippen LogP contribution is -2.33. The monoisotopic (exact) mass is 173 g/mol. The Balaban J connectivity index is 2.37. The number of rotatable bonds is 2. The van der Waals surface area contributed by atoms with Crippen molar-refractivity contribution in [1.82, 2.24) is 5.32 Å². The number of hydrogen-bond donors (Lipinski definition) is 1. The van der Waals surface area contributed by atoms with Gasteiger partial charge in [-0.25, -0.2) is 0 Å². The number of nitrogens with one attached hydrogen (secondary N) is 1. The molecule has 1 saturated heterocycles. The average molecular weight is 173 g/mol. The highest BCUT2D eigenvalue weighted by molar-refractivity contribution is 8.00. The minimum absolute atomic E-state index is 0.0999. The van der Waals surface area contributed by atoms with Gasteiger partial charge in [0.2, 0.25) is 5.91 Å². The fourth-order valence-electron chi connectivity index (χ4n) is 1.41. The second-order valence-electron chi connectivity index (χ2n) is 2.95. The normalized spacial score (nSPS) is 30.4. The molecule has 0 aromatic heterocycles. The third-order valence-electron chi connectivity index (χ3n) is 2.08. The molecular formula is C8H15NOS. The van der Waals surface area contributed by atoms with Crippen molar-refractivity contribution in [2.75, 3.05) is 5.75 Å². The van der Waals surface area contributed by atoms with E-state index in [-0.39, 0.29) is 5.91 Å². The van der Waals surface area contributed by atoms with Crippen LogP contribution in [0.2, 0.25) is 0 Å². The molecule has 0 spiro atoms. The third kappa shape index (κ3) is 2.40. The van der Waals surface area contributed by atoms with Crippen LogP contribution in [0.15, 0.2) is 0 Å². The van der Waals surface area contributed by atoms with Gasteiger partial charge in [0.1, 0.15) is 0 Å². The second-order valence-corrected chi connectivity index (χ2v) is 4.20. The predicted octanol–water partition coefficient (Wildman–Crippen LogP) is 1.61. The van der Waals surface area contributed by atoms with Gasteiger partial charge in [0.05, 0.1) is 5.37 Å². The van der Waals surface area contributed by atoms with Crippen molar-refractivity contribution in [2.45, 2.75) is 32.1 Å². The molecule has 0 bridgehead atoms. The first kappa shape index (κ1) is 8.91. The van der Waals surface area contributed by atoms with Crippen LogP contribution in [0, 0.1) is 5.92 Å². The summed E-state index contributed by atoms with van der Waals surface area (Å²) in [5, 5.41) is 3.35. The van der Waals surface area contributed by atoms with Gasteiger partial charge < -0.3 is 5.32 Å². The van der Waals surface area contributed by atoms with Gasteiger partial charge in [0.25, 0.3) is 0 Å². The predicted molar refractivity (Wildman–Crippen MR) is 48.5 cm³/mol. The zero-order valence-electron chi connectivity index (χ0n) is 7.09. The minimum atomic E-state index is 0.0999. The quantitative estimate of drug-likeness (QED) is 0.687. The van der Waals surface area contributed by atoms with Crippen LogP contribution in [-0.2, 0) is 4.79 Å². The molecule has 1 N–H and O–H groups in total. The number of amides is 1. The van der Waals surface area contributed by atoms with Gasteiger partial charge in [-0.15, -0.1) is 11.8 Å². The molecule has 0 aliphatic carbocycles. The Bertz CT molecular complexity index is 149. The van der Waals surface area contributed by atoms with E-state index in [1.54, 1.807) is 6.92 Å². The first-order valence-corrected chi connectivity index (χ1v) is 5.17. The molecule has 2 atom stereocenters. The van der Waals surface area contributed by atoms with E-state index in [1.807, 2.05) is 11.8 Å². The molecule has 3 heteroatoms. The summed E-state index contributed by atoms with van der Waals surface area (Å²) in [4.78, 5) is 10.7. The van der Waals surface area contributed by atoms with Crippen molar-refractivity contribution in [1.29, 1.82) is 0 Å². The van der Waals surface area contributed by atoms with Crippen LogP contribution in [0.4, 0.5) is 0 Å². The molecule has 0 aromatic rings. The van der Waals surface area contributed by atoms with Gasteiger partial charge >= 0.3 is 0 Å². The smallest absolute Gasteiger partial charge is 0.217 e. The van der Waals surface area contributed by atoms with Crippen LogP contribution >= 0.6 is 11.8 Å². The van der Waals surface area contributed by atoms with Gasteiger partial charge in [-0.2, -0.15) is 0 Å². The average Bonchev–Trinajstić information content (AvgIpc) is 2.34. The molecule has 1 rings (SSSR count). The van der Waals surface area contributed by atoms with Gasteiger partial charge in [0, 0.05) is 6.92 Å². The maximum absolute atomic E-state index is 10.7. The van der Waals surface area contributed by atoms with Gasteiger partial charge in [-0.05, 0) is 18.1 Å². The summed E-state index contributed by atoms with van der Waals surface area (Å²) in [5.41, 5.74) is 0. The molecule has 2 nitrogen and oxygen atoms in total. The maximum atomic E-state index is 10.7. The fourth-order valence-corrected chi connectivity index (χ4v) is 2.95. The van der Waals surface area contributed by atoms with E-state index < -0.39 is 0 Å². The third-order valence-corrected chi connectivity index (χ3v) is 3.42. The summed E-state index contributed by atoms with van der Waals surface area (Å²) in [5.74, 6) is 2.00. The van der Waals surface area contributed by atoms with Crippen molar-refractivity contribution in [3.05, 3.63) is 0 Å². The molecule has 1 aliphatic heterocycles. The van der Waals surface area contributed by atoms with Crippen LogP contribution in [0.5, 0.6) is 0 Å². The zero-order chi connectivity index (χ0) is 8.27. The molecule has 1 fully saturated rings. The topological polar surface area (TPSA) is 29.1 Å². The van der Waals surface area contributed by atoms with Gasteiger partial charge in [-0.3, -0.25) is 4.79 Å². The minimum Gasteiger partial charge on any atom is -0.344 e. The van der Waals surface area contributed by atoms with E-state index >= 15 is 0 Å². The molecule has 11 heavy (non-hydrogen) atoms. The van der Waals surface area contributed by atoms with Crippen LogP contribution in [-0.4, -0.2) is 17.0 Å². The van der Waals surface area contributed by atoms with E-state index in [0.29, 0.717) is 11.3 Å². The summed E-state index contributed by atoms with van der Waals surface area (Å²) in [6.07, 6.45) is 2.43. The Kier molecular flexibility index (Phi) is 3.24. The van der Waals surface area contributed by atoms with E-state index in [2.05, 4.69) is 12.2 Å². The number of carbonyl (C=O) groups excluding carboxylic acids is 1. The van der Waals surface area contributed by atoms with E-state index in [9.17, 15) is 4.79 Å². The van der Waals surface area contributed by atoms with Crippen LogP contribution < -0.4 is 5.32 Å². The van der Waals surface area contributed by atoms with Gasteiger partial charge in [-0.1, -0.05) is 13.3 Å². The Labute approximate surface area is 72.1 Å². The summed E-state index contributed by atoms with van der Waals surface area (Å²) in [7, 11) is 0. The molecule has 0 radical (unpaired) electrons. The van der Waals surface area contributed by atoms with E-state index in [0.717, 1.165) is 0 Å². The highest BCUT2D eigenvalue weighted by Crippen LogP contribution is 2.32. The summed E-state index contributed by atoms with van der Waals surface area (Å²) in [6.45, 7) is 3.77. The van der Waals surface area contributed by atoms with E-state index in [1.165, 1.54) is 18.6 Å². The Hall–Kier alpha value is -0.180. The number of thioether (sulfide) groups is 1. The maximum Gasteiger partial charge on any atom is 0.217 e. The van der Waals surface area contributed by atoms with Crippen LogP contribution in [0.1, 0.15) is 26.7 Å². The summed E-state index contributed by atoms with van der Waals surface area (Å²) >= 11 is 1.87. The first-order valence-electron chi connectivity index (χ1n) is 4.12. The molecule has 0 saturated carbocycles. The molecule has 0 aromatic carbocycles. The standard InChI is InChI=1S/C8H15NOS/c1-3-7-4-5-11-8(7)9-6(2)10/h7-8H,3-5H2,1-2H3,(H,9,10). The SMILES string of the molecule is CCC1CCSC1NC(C)=O. The fraction of sp³-hybridized carbons (Fsp3) is 0.875. The molecular weight excluding hydrogens is 158 g/mol. The van der Waals surface area contributed by atoms with Crippen LogP contribution in [0.3, 0.4) is 0 Å². The number of carbonyl (C=O) groups is 1. The first-order chi connectivity index (χ1) is 5.24. The zero-order valence-corrected chi connectivity index (χ0v) is 7.91. The molecule has 1 aliphatic rings. The van der Waals surface area contributed by atoms with Crippen molar-refractivity contribution in [2.24, 2.45) is 5.92 Å². The molecule has 2 unspecified atom stereocenters. The molecule has 1 heterocycles. The highest BCUT2D eigenvalue weighted by Gasteiger charge is 2.26. The Morgan fingerprint density at radius 2 is 2.45 bits per heavy atom. The van der Waals surface area contributed by atoms with Crippen molar-refractivity contribution in [3.63, 3.8) is 0 Å². The van der Waals surface area contributed by atoms with Crippen molar-refractivity contribution < 1.29 is 4.79 Å². The Morgan fingerprint density at radius 1 is 1.73 bits per heavy atom. The Morgan fingerprint density at radius 3 is 3.00 bits per heavy atom. The summed E-state index contributed by atoms with van der Waals surface area (Å²) < 4.78 is 0. The van der Waals surface area contributed by atoms with Crippen molar-refractivity contribution in [3.8, 4) is 0 Å². The highest BCUT2D eigenvalue weighted by atomic mass is 32.2. The lowest BCUT2D eigenvalue weighted by atomic mass is 10.0.